The zero-order chi connectivity index (χ0) is 18.3. The van der Waals surface area contributed by atoms with Gasteiger partial charge in [0.25, 0.3) is 0 Å². The van der Waals surface area contributed by atoms with Gasteiger partial charge in [0.1, 0.15) is 0 Å². The van der Waals surface area contributed by atoms with Crippen molar-refractivity contribution in [2.24, 2.45) is 0 Å². The van der Waals surface area contributed by atoms with Gasteiger partial charge in [-0.2, -0.15) is 10.4 Å². The van der Waals surface area contributed by atoms with Crippen LogP contribution >= 0.6 is 0 Å². The lowest BCUT2D eigenvalue weighted by Crippen LogP contribution is -2.43. The maximum absolute atomic E-state index is 12.6. The van der Waals surface area contributed by atoms with E-state index in [1.165, 1.54) is 0 Å². The third-order valence-electron chi connectivity index (χ3n) is 3.41. The Kier molecular flexibility index (Phi) is 6.14. The number of nitrogens with one attached hydrogen (secondary N) is 1. The summed E-state index contributed by atoms with van der Waals surface area (Å²) in [6.07, 6.45) is 2.07. The van der Waals surface area contributed by atoms with Crippen LogP contribution in [0, 0.1) is 11.3 Å². The van der Waals surface area contributed by atoms with Gasteiger partial charge in [-0.3, -0.25) is 10.00 Å². The number of carbonyl (C=O) groups excluding carboxylic acids is 1. The topological polar surface area (TPSA) is 94.2 Å². The summed E-state index contributed by atoms with van der Waals surface area (Å²) in [4.78, 5) is 14.2. The standard InChI is InChI=1S/C18H23N5O2/c1-18(2,25)14-22(13-15-7-4-3-5-8-15)17(24)20-16-9-12-23(21-16)11-6-10-19/h3-5,7-9,12,25H,6,11,13-14H2,1-2H3,(H,20,21,24). The van der Waals surface area contributed by atoms with Crippen LogP contribution in [0.2, 0.25) is 0 Å². The molecular weight excluding hydrogens is 318 g/mol. The number of nitrogens with zero attached hydrogens (tertiary/aromatic N) is 4. The SMILES string of the molecule is CC(C)(O)CN(Cc1ccccc1)C(=O)Nc1ccn(CCC#N)n1. The molecule has 0 aliphatic rings. The van der Waals surface area contributed by atoms with Crippen molar-refractivity contribution in [1.29, 1.82) is 5.26 Å². The molecule has 7 heteroatoms. The lowest BCUT2D eigenvalue weighted by Gasteiger charge is -2.29. The van der Waals surface area contributed by atoms with Crippen molar-refractivity contribution < 1.29 is 9.90 Å². The van der Waals surface area contributed by atoms with Gasteiger partial charge in [-0.1, -0.05) is 30.3 Å². The Morgan fingerprint density at radius 2 is 2.08 bits per heavy atom. The van der Waals surface area contributed by atoms with E-state index >= 15 is 0 Å². The predicted molar refractivity (Wildman–Crippen MR) is 94.6 cm³/mol. The zero-order valence-corrected chi connectivity index (χ0v) is 14.5. The summed E-state index contributed by atoms with van der Waals surface area (Å²) in [6.45, 7) is 4.36. The summed E-state index contributed by atoms with van der Waals surface area (Å²) < 4.78 is 1.61. The van der Waals surface area contributed by atoms with Crippen molar-refractivity contribution in [2.45, 2.75) is 39.0 Å². The van der Waals surface area contributed by atoms with Gasteiger partial charge >= 0.3 is 6.03 Å². The molecule has 0 radical (unpaired) electrons. The van der Waals surface area contributed by atoms with Crippen LogP contribution in [-0.4, -0.2) is 38.0 Å². The van der Waals surface area contributed by atoms with E-state index in [0.717, 1.165) is 5.56 Å². The molecule has 2 aromatic rings. The van der Waals surface area contributed by atoms with Crippen molar-refractivity contribution >= 4 is 11.8 Å². The summed E-state index contributed by atoms with van der Waals surface area (Å²) >= 11 is 0. The Balaban J connectivity index is 2.06. The number of amides is 2. The molecular formula is C18H23N5O2. The lowest BCUT2D eigenvalue weighted by atomic mass is 10.1. The number of rotatable bonds is 7. The van der Waals surface area contributed by atoms with Crippen LogP contribution in [0.15, 0.2) is 42.6 Å². The molecule has 0 atom stereocenters. The predicted octanol–water partition coefficient (Wildman–Crippen LogP) is 2.60. The Hall–Kier alpha value is -2.85. The van der Waals surface area contributed by atoms with E-state index in [-0.39, 0.29) is 12.6 Å². The molecule has 0 unspecified atom stereocenters. The molecule has 132 valence electrons. The monoisotopic (exact) mass is 341 g/mol. The highest BCUT2D eigenvalue weighted by Gasteiger charge is 2.23. The van der Waals surface area contributed by atoms with Gasteiger partial charge in [0.05, 0.1) is 31.2 Å². The third-order valence-corrected chi connectivity index (χ3v) is 3.41. The Morgan fingerprint density at radius 3 is 2.72 bits per heavy atom. The van der Waals surface area contributed by atoms with Crippen LogP contribution in [0.3, 0.4) is 0 Å². The van der Waals surface area contributed by atoms with E-state index in [2.05, 4.69) is 16.5 Å². The van der Waals surface area contributed by atoms with E-state index in [1.807, 2.05) is 30.3 Å². The Bertz CT molecular complexity index is 728. The van der Waals surface area contributed by atoms with E-state index < -0.39 is 5.60 Å². The Morgan fingerprint density at radius 1 is 1.36 bits per heavy atom. The van der Waals surface area contributed by atoms with Crippen molar-refractivity contribution in [3.8, 4) is 6.07 Å². The molecule has 0 aliphatic carbocycles. The average Bonchev–Trinajstić information content (AvgIpc) is 2.99. The molecule has 0 aliphatic heterocycles. The summed E-state index contributed by atoms with van der Waals surface area (Å²) in [5.74, 6) is 0.414. The maximum Gasteiger partial charge on any atom is 0.323 e. The van der Waals surface area contributed by atoms with E-state index in [4.69, 9.17) is 5.26 Å². The molecule has 2 N–H and O–H groups in total. The fourth-order valence-corrected chi connectivity index (χ4v) is 2.38. The van der Waals surface area contributed by atoms with Crippen LogP contribution < -0.4 is 5.32 Å². The number of aryl methyl sites for hydroxylation is 1. The number of nitriles is 1. The molecule has 25 heavy (non-hydrogen) atoms. The highest BCUT2D eigenvalue weighted by atomic mass is 16.3. The summed E-state index contributed by atoms with van der Waals surface area (Å²) in [6, 6.07) is 13.0. The summed E-state index contributed by atoms with van der Waals surface area (Å²) in [5, 5.41) is 25.7. The molecule has 0 saturated carbocycles. The third kappa shape index (κ3) is 6.28. The minimum atomic E-state index is -1.02. The highest BCUT2D eigenvalue weighted by Crippen LogP contribution is 2.13. The van der Waals surface area contributed by atoms with Crippen LogP contribution in [0.4, 0.5) is 10.6 Å². The second-order valence-electron chi connectivity index (χ2n) is 6.46. The quantitative estimate of drug-likeness (QED) is 0.809. The lowest BCUT2D eigenvalue weighted by molar-refractivity contribution is 0.0469. The molecule has 0 fully saturated rings. The summed E-state index contributed by atoms with van der Waals surface area (Å²) in [7, 11) is 0. The number of hydrogen-bond donors (Lipinski definition) is 2. The van der Waals surface area contributed by atoms with Crippen molar-refractivity contribution in [1.82, 2.24) is 14.7 Å². The molecule has 7 nitrogen and oxygen atoms in total. The second kappa shape index (κ2) is 8.31. The van der Waals surface area contributed by atoms with Crippen LogP contribution in [-0.2, 0) is 13.1 Å². The molecule has 1 aromatic heterocycles. The largest absolute Gasteiger partial charge is 0.389 e. The number of urea groups is 1. The van der Waals surface area contributed by atoms with Gasteiger partial charge in [-0.15, -0.1) is 0 Å². The first-order valence-corrected chi connectivity index (χ1v) is 8.10. The molecule has 0 spiro atoms. The minimum Gasteiger partial charge on any atom is -0.389 e. The first-order valence-electron chi connectivity index (χ1n) is 8.10. The highest BCUT2D eigenvalue weighted by molar-refractivity contribution is 5.88. The first kappa shape index (κ1) is 18.5. The van der Waals surface area contributed by atoms with Gasteiger partial charge in [-0.05, 0) is 19.4 Å². The van der Waals surface area contributed by atoms with Gasteiger partial charge in [0.15, 0.2) is 5.82 Å². The molecule has 1 aromatic carbocycles. The van der Waals surface area contributed by atoms with E-state index in [0.29, 0.717) is 25.3 Å². The van der Waals surface area contributed by atoms with Crippen molar-refractivity contribution in [3.05, 3.63) is 48.2 Å². The van der Waals surface area contributed by atoms with E-state index in [9.17, 15) is 9.90 Å². The Labute approximate surface area is 147 Å². The van der Waals surface area contributed by atoms with Crippen molar-refractivity contribution in [3.63, 3.8) is 0 Å². The number of benzene rings is 1. The molecule has 0 bridgehead atoms. The number of anilines is 1. The fraction of sp³-hybridized carbons (Fsp3) is 0.389. The molecule has 0 saturated heterocycles. The van der Waals surface area contributed by atoms with Gasteiger partial charge < -0.3 is 10.0 Å². The molecule has 1 heterocycles. The molecule has 2 amide bonds. The number of hydrogen-bond acceptors (Lipinski definition) is 4. The fourth-order valence-electron chi connectivity index (χ4n) is 2.38. The zero-order valence-electron chi connectivity index (χ0n) is 14.5. The van der Waals surface area contributed by atoms with Crippen LogP contribution in [0.5, 0.6) is 0 Å². The number of carbonyl (C=O) groups is 1. The van der Waals surface area contributed by atoms with Gasteiger partial charge in [0, 0.05) is 18.8 Å². The van der Waals surface area contributed by atoms with Gasteiger partial charge in [-0.25, -0.2) is 4.79 Å². The smallest absolute Gasteiger partial charge is 0.323 e. The summed E-state index contributed by atoms with van der Waals surface area (Å²) in [5.41, 5.74) is -0.0420. The number of aromatic nitrogens is 2. The normalized spacial score (nSPS) is 11.0. The van der Waals surface area contributed by atoms with Crippen LogP contribution in [0.1, 0.15) is 25.8 Å². The average molecular weight is 341 g/mol. The second-order valence-corrected chi connectivity index (χ2v) is 6.46. The van der Waals surface area contributed by atoms with Crippen LogP contribution in [0.25, 0.3) is 0 Å². The molecule has 2 rings (SSSR count). The van der Waals surface area contributed by atoms with Crippen molar-refractivity contribution in [2.75, 3.05) is 11.9 Å². The first-order chi connectivity index (χ1) is 11.9. The minimum absolute atomic E-state index is 0.183. The van der Waals surface area contributed by atoms with Gasteiger partial charge in [0.2, 0.25) is 0 Å². The van der Waals surface area contributed by atoms with E-state index in [1.54, 1.807) is 35.7 Å². The maximum atomic E-state index is 12.6. The number of aliphatic hydroxyl groups is 1.